The fourth-order valence-corrected chi connectivity index (χ4v) is 4.61. The Morgan fingerprint density at radius 3 is 2.58 bits per heavy atom. The van der Waals surface area contributed by atoms with Crippen LogP contribution in [0.25, 0.3) is 6.08 Å². The second-order valence-electron chi connectivity index (χ2n) is 7.65. The van der Waals surface area contributed by atoms with Gasteiger partial charge < -0.3 is 4.74 Å². The number of carbonyl (C=O) groups is 2. The van der Waals surface area contributed by atoms with Gasteiger partial charge in [-0.2, -0.15) is 5.01 Å². The molecule has 1 aliphatic heterocycles. The molecule has 2 amide bonds. The van der Waals surface area contributed by atoms with Crippen molar-refractivity contribution in [3.8, 4) is 5.75 Å². The first kappa shape index (κ1) is 25.3. The number of ether oxygens (including phenoxy) is 1. The molecule has 0 spiro atoms. The minimum atomic E-state index is -0.457. The van der Waals surface area contributed by atoms with Crippen molar-refractivity contribution in [1.82, 2.24) is 10.4 Å². The van der Waals surface area contributed by atoms with Crippen molar-refractivity contribution < 1.29 is 14.3 Å². The van der Waals surface area contributed by atoms with Gasteiger partial charge in [-0.1, -0.05) is 80.6 Å². The smallest absolute Gasteiger partial charge is 0.285 e. The van der Waals surface area contributed by atoms with Gasteiger partial charge in [0.05, 0.1) is 11.5 Å². The molecular weight excluding hydrogens is 476 g/mol. The summed E-state index contributed by atoms with van der Waals surface area (Å²) >= 11 is 12.4. The summed E-state index contributed by atoms with van der Waals surface area (Å²) in [4.78, 5) is 25.7. The van der Waals surface area contributed by atoms with Crippen molar-refractivity contribution in [2.24, 2.45) is 0 Å². The predicted octanol–water partition coefficient (Wildman–Crippen LogP) is 6.63. The van der Waals surface area contributed by atoms with Gasteiger partial charge in [0.15, 0.2) is 4.32 Å². The van der Waals surface area contributed by atoms with Crippen molar-refractivity contribution in [2.45, 2.75) is 45.4 Å². The number of carbonyl (C=O) groups excluding carboxylic acids is 2. The number of halogens is 1. The second-order valence-corrected chi connectivity index (χ2v) is 9.77. The van der Waals surface area contributed by atoms with E-state index in [1.54, 1.807) is 24.3 Å². The second kappa shape index (κ2) is 12.8. The molecule has 1 fully saturated rings. The Hall–Kier alpha value is -2.35. The molecular formula is C25H27ClN2O3S2. The lowest BCUT2D eigenvalue weighted by molar-refractivity contribution is -0.123. The van der Waals surface area contributed by atoms with E-state index in [9.17, 15) is 9.59 Å². The summed E-state index contributed by atoms with van der Waals surface area (Å²) < 4.78 is 6.07. The van der Waals surface area contributed by atoms with Crippen molar-refractivity contribution in [3.63, 3.8) is 0 Å². The van der Waals surface area contributed by atoms with Gasteiger partial charge in [0.2, 0.25) is 0 Å². The Balaban J connectivity index is 1.53. The normalized spacial score (nSPS) is 14.7. The maximum absolute atomic E-state index is 12.8. The summed E-state index contributed by atoms with van der Waals surface area (Å²) in [6, 6.07) is 14.1. The third kappa shape index (κ3) is 7.59. The van der Waals surface area contributed by atoms with Crippen LogP contribution in [-0.4, -0.2) is 27.8 Å². The zero-order valence-electron chi connectivity index (χ0n) is 18.5. The highest BCUT2D eigenvalue weighted by molar-refractivity contribution is 8.26. The number of nitrogens with one attached hydrogen (secondary N) is 1. The van der Waals surface area contributed by atoms with E-state index in [-0.39, 0.29) is 10.2 Å². The Morgan fingerprint density at radius 2 is 1.85 bits per heavy atom. The van der Waals surface area contributed by atoms with Gasteiger partial charge in [-0.25, -0.2) is 0 Å². The van der Waals surface area contributed by atoms with Crippen LogP contribution in [-0.2, 0) is 4.79 Å². The Kier molecular flexibility index (Phi) is 9.78. The highest BCUT2D eigenvalue weighted by atomic mass is 35.5. The lowest BCUT2D eigenvalue weighted by Crippen LogP contribution is -2.44. The van der Waals surface area contributed by atoms with Crippen molar-refractivity contribution in [2.75, 3.05) is 6.61 Å². The topological polar surface area (TPSA) is 58.6 Å². The molecule has 2 aromatic rings. The molecule has 0 radical (unpaired) electrons. The summed E-state index contributed by atoms with van der Waals surface area (Å²) in [6.45, 7) is 2.92. The largest absolute Gasteiger partial charge is 0.494 e. The molecule has 0 aromatic heterocycles. The zero-order valence-corrected chi connectivity index (χ0v) is 20.9. The van der Waals surface area contributed by atoms with E-state index in [1.807, 2.05) is 24.3 Å². The van der Waals surface area contributed by atoms with Crippen LogP contribution >= 0.6 is 35.6 Å². The van der Waals surface area contributed by atoms with Crippen LogP contribution in [0.4, 0.5) is 0 Å². The lowest BCUT2D eigenvalue weighted by Gasteiger charge is -2.15. The molecule has 0 bridgehead atoms. The van der Waals surface area contributed by atoms with Crippen LogP contribution in [0.3, 0.4) is 0 Å². The molecule has 0 atom stereocenters. The van der Waals surface area contributed by atoms with Crippen LogP contribution in [0.15, 0.2) is 53.4 Å². The first-order chi connectivity index (χ1) is 16.0. The maximum Gasteiger partial charge on any atom is 0.285 e. The summed E-state index contributed by atoms with van der Waals surface area (Å²) in [7, 11) is 0. The first-order valence-electron chi connectivity index (χ1n) is 11.1. The lowest BCUT2D eigenvalue weighted by atomic mass is 10.1. The summed E-state index contributed by atoms with van der Waals surface area (Å²) in [5, 5.41) is 1.53. The SMILES string of the molecule is CCCCCCCCOc1ccc(/C=C2\SC(=S)N(NC(=O)c3cccc(Cl)c3)C2=O)cc1. The van der Waals surface area contributed by atoms with Crippen molar-refractivity contribution in [3.05, 3.63) is 69.6 Å². The molecule has 0 saturated carbocycles. The van der Waals surface area contributed by atoms with E-state index in [0.29, 0.717) is 22.1 Å². The number of unbranched alkanes of at least 4 members (excludes halogenated alkanes) is 5. The number of thiocarbonyl (C=S) groups is 1. The molecule has 0 unspecified atom stereocenters. The maximum atomic E-state index is 12.8. The molecule has 174 valence electrons. The number of hydrogen-bond acceptors (Lipinski definition) is 5. The molecule has 1 aliphatic rings. The number of benzene rings is 2. The van der Waals surface area contributed by atoms with Crippen LogP contribution in [0.5, 0.6) is 5.75 Å². The van der Waals surface area contributed by atoms with E-state index in [2.05, 4.69) is 12.3 Å². The number of hydrogen-bond donors (Lipinski definition) is 1. The number of hydrazine groups is 1. The summed E-state index contributed by atoms with van der Waals surface area (Å²) in [5.74, 6) is -0.0206. The average Bonchev–Trinajstić information content (AvgIpc) is 3.06. The van der Waals surface area contributed by atoms with Gasteiger partial charge in [0, 0.05) is 10.6 Å². The van der Waals surface area contributed by atoms with Gasteiger partial charge >= 0.3 is 0 Å². The zero-order chi connectivity index (χ0) is 23.6. The minimum absolute atomic E-state index is 0.264. The molecule has 8 heteroatoms. The Labute approximate surface area is 209 Å². The number of amides is 2. The Morgan fingerprint density at radius 1 is 1.12 bits per heavy atom. The van der Waals surface area contributed by atoms with E-state index >= 15 is 0 Å². The molecule has 5 nitrogen and oxygen atoms in total. The quantitative estimate of drug-likeness (QED) is 0.212. The molecule has 3 rings (SSSR count). The molecule has 1 heterocycles. The number of thioether (sulfide) groups is 1. The summed E-state index contributed by atoms with van der Waals surface area (Å²) in [5.41, 5.74) is 3.75. The van der Waals surface area contributed by atoms with E-state index < -0.39 is 5.91 Å². The average molecular weight is 503 g/mol. The summed E-state index contributed by atoms with van der Waals surface area (Å²) in [6.07, 6.45) is 9.10. The van der Waals surface area contributed by atoms with Crippen LogP contribution in [0.2, 0.25) is 5.02 Å². The van der Waals surface area contributed by atoms with Gasteiger partial charge in [-0.3, -0.25) is 15.0 Å². The van der Waals surface area contributed by atoms with Crippen LogP contribution < -0.4 is 10.2 Å². The van der Waals surface area contributed by atoms with Crippen LogP contribution in [0, 0.1) is 0 Å². The van der Waals surface area contributed by atoms with Crippen molar-refractivity contribution >= 4 is 57.8 Å². The fourth-order valence-electron chi connectivity index (χ4n) is 3.24. The van der Waals surface area contributed by atoms with E-state index in [4.69, 9.17) is 28.6 Å². The van der Waals surface area contributed by atoms with Crippen molar-refractivity contribution in [1.29, 1.82) is 0 Å². The molecule has 1 saturated heterocycles. The molecule has 2 aromatic carbocycles. The standard InChI is InChI=1S/C25H27ClN2O3S2/c1-2-3-4-5-6-7-15-31-21-13-11-18(12-14-21)16-22-24(30)28(25(32)33-22)27-23(29)19-9-8-10-20(26)17-19/h8-14,16-17H,2-7,15H2,1H3,(H,27,29)/b22-16-. The highest BCUT2D eigenvalue weighted by Crippen LogP contribution is 2.31. The predicted molar refractivity (Wildman–Crippen MR) is 139 cm³/mol. The highest BCUT2D eigenvalue weighted by Gasteiger charge is 2.33. The molecule has 0 aliphatic carbocycles. The van der Waals surface area contributed by atoms with Gasteiger partial charge in [-0.05, 0) is 60.6 Å². The van der Waals surface area contributed by atoms with Gasteiger partial charge in [0.25, 0.3) is 11.8 Å². The first-order valence-corrected chi connectivity index (χ1v) is 12.7. The minimum Gasteiger partial charge on any atom is -0.494 e. The van der Waals surface area contributed by atoms with Gasteiger partial charge in [0.1, 0.15) is 5.75 Å². The fraction of sp³-hybridized carbons (Fsp3) is 0.320. The number of rotatable bonds is 11. The van der Waals surface area contributed by atoms with E-state index in [0.717, 1.165) is 34.5 Å². The van der Waals surface area contributed by atoms with Crippen LogP contribution in [0.1, 0.15) is 61.4 Å². The monoisotopic (exact) mass is 502 g/mol. The molecule has 33 heavy (non-hydrogen) atoms. The third-order valence-electron chi connectivity index (χ3n) is 5.04. The number of nitrogens with zero attached hydrogens (tertiary/aromatic N) is 1. The Bertz CT molecular complexity index is 1020. The third-order valence-corrected chi connectivity index (χ3v) is 6.58. The van der Waals surface area contributed by atoms with Gasteiger partial charge in [-0.15, -0.1) is 0 Å². The molecule has 1 N–H and O–H groups in total. The van der Waals surface area contributed by atoms with E-state index in [1.165, 1.54) is 38.2 Å².